The van der Waals surface area contributed by atoms with E-state index >= 15 is 0 Å². The van der Waals surface area contributed by atoms with Gasteiger partial charge in [-0.05, 0) is 50.2 Å². The van der Waals surface area contributed by atoms with Gasteiger partial charge in [-0.25, -0.2) is 4.39 Å². The van der Waals surface area contributed by atoms with Crippen molar-refractivity contribution in [2.75, 3.05) is 13.1 Å². The Hall–Kier alpha value is -3.00. The van der Waals surface area contributed by atoms with Crippen molar-refractivity contribution in [3.63, 3.8) is 0 Å². The monoisotopic (exact) mass is 358 g/mol. The number of halogens is 1. The Labute approximate surface area is 151 Å². The van der Waals surface area contributed by atoms with Crippen LogP contribution in [0.1, 0.15) is 30.0 Å². The number of phenolic OH excluding ortho intramolecular Hbond substituents is 1. The minimum atomic E-state index is -0.501. The molecule has 8 N–H and O–H groups in total. The number of benzene rings is 1. The second-order valence-electron chi connectivity index (χ2n) is 6.32. The van der Waals surface area contributed by atoms with Gasteiger partial charge in [-0.3, -0.25) is 4.68 Å². The summed E-state index contributed by atoms with van der Waals surface area (Å²) in [5.41, 5.74) is 19.2. The topological polar surface area (TPSA) is 128 Å². The predicted molar refractivity (Wildman–Crippen MR) is 98.9 cm³/mol. The fourth-order valence-corrected chi connectivity index (χ4v) is 3.05. The third kappa shape index (κ3) is 3.80. The maximum absolute atomic E-state index is 13.5. The van der Waals surface area contributed by atoms with Crippen LogP contribution in [0.4, 0.5) is 4.39 Å². The molecule has 0 unspecified atom stereocenters. The first-order valence-corrected chi connectivity index (χ1v) is 8.42. The molecule has 1 aliphatic heterocycles. The fourth-order valence-electron chi connectivity index (χ4n) is 3.05. The Bertz CT molecular complexity index is 847. The summed E-state index contributed by atoms with van der Waals surface area (Å²) in [7, 11) is 0. The van der Waals surface area contributed by atoms with Crippen LogP contribution < -0.4 is 22.5 Å². The minimum absolute atomic E-state index is 0.0636. The lowest BCUT2D eigenvalue weighted by atomic mass is 10.0. The maximum Gasteiger partial charge on any atom is 0.125 e. The van der Waals surface area contributed by atoms with Gasteiger partial charge in [0.1, 0.15) is 17.4 Å². The number of phenols is 1. The van der Waals surface area contributed by atoms with Crippen LogP contribution in [0.25, 0.3) is 11.3 Å². The van der Waals surface area contributed by atoms with E-state index in [4.69, 9.17) is 17.2 Å². The highest BCUT2D eigenvalue weighted by molar-refractivity contribution is 5.84. The van der Waals surface area contributed by atoms with Gasteiger partial charge in [0.05, 0.1) is 12.2 Å². The molecule has 0 radical (unpaired) electrons. The molecule has 0 bridgehead atoms. The van der Waals surface area contributed by atoms with E-state index in [1.165, 1.54) is 12.1 Å². The zero-order valence-electron chi connectivity index (χ0n) is 14.3. The van der Waals surface area contributed by atoms with Crippen molar-refractivity contribution in [3.05, 3.63) is 59.4 Å². The standard InChI is InChI=1S/C18H23FN6O/c19-12-1-2-17(26)15(7-12)16(20)8-14(18(21)22)11-9-24-25(10-11)13-3-5-23-6-4-13/h1-2,7-10,13,23,26H,3-6,20-22H2/b16-8-. The summed E-state index contributed by atoms with van der Waals surface area (Å²) in [4.78, 5) is 0. The van der Waals surface area contributed by atoms with Crippen LogP contribution in [0.3, 0.4) is 0 Å². The van der Waals surface area contributed by atoms with Crippen LogP contribution in [0.15, 0.2) is 42.5 Å². The predicted octanol–water partition coefficient (Wildman–Crippen LogP) is 1.24. The molecule has 0 spiro atoms. The summed E-state index contributed by atoms with van der Waals surface area (Å²) in [5.74, 6) is -0.562. The second-order valence-corrected chi connectivity index (χ2v) is 6.32. The molecular weight excluding hydrogens is 335 g/mol. The molecule has 1 saturated heterocycles. The van der Waals surface area contributed by atoms with Crippen LogP contribution in [-0.2, 0) is 0 Å². The lowest BCUT2D eigenvalue weighted by molar-refractivity contribution is 0.343. The highest BCUT2D eigenvalue weighted by Crippen LogP contribution is 2.27. The first-order chi connectivity index (χ1) is 12.5. The van der Waals surface area contributed by atoms with Crippen molar-refractivity contribution < 1.29 is 9.50 Å². The molecule has 0 saturated carbocycles. The molecule has 1 fully saturated rings. The van der Waals surface area contributed by atoms with Gasteiger partial charge in [0.25, 0.3) is 0 Å². The second kappa shape index (κ2) is 7.49. The van der Waals surface area contributed by atoms with Crippen molar-refractivity contribution in [2.24, 2.45) is 17.2 Å². The Morgan fingerprint density at radius 1 is 1.27 bits per heavy atom. The zero-order chi connectivity index (χ0) is 18.7. The molecule has 8 heteroatoms. The first kappa shape index (κ1) is 17.8. The van der Waals surface area contributed by atoms with Gasteiger partial charge in [-0.15, -0.1) is 0 Å². The van der Waals surface area contributed by atoms with Gasteiger partial charge >= 0.3 is 0 Å². The van der Waals surface area contributed by atoms with E-state index in [-0.39, 0.29) is 22.8 Å². The van der Waals surface area contributed by atoms with E-state index in [0.717, 1.165) is 38.1 Å². The number of allylic oxidation sites excluding steroid dienone is 2. The van der Waals surface area contributed by atoms with Gasteiger partial charge in [-0.1, -0.05) is 0 Å². The number of piperidine rings is 1. The number of nitrogens with two attached hydrogens (primary N) is 3. The lowest BCUT2D eigenvalue weighted by Gasteiger charge is -2.22. The molecule has 3 rings (SSSR count). The van der Waals surface area contributed by atoms with E-state index in [1.807, 2.05) is 10.9 Å². The smallest absolute Gasteiger partial charge is 0.125 e. The lowest BCUT2D eigenvalue weighted by Crippen LogP contribution is -2.29. The summed E-state index contributed by atoms with van der Waals surface area (Å²) in [6.45, 7) is 1.90. The Balaban J connectivity index is 1.92. The number of nitrogens with one attached hydrogen (secondary N) is 1. The first-order valence-electron chi connectivity index (χ1n) is 8.42. The van der Waals surface area contributed by atoms with Crippen molar-refractivity contribution >= 4 is 11.3 Å². The van der Waals surface area contributed by atoms with Crippen molar-refractivity contribution in [1.29, 1.82) is 0 Å². The van der Waals surface area contributed by atoms with Gasteiger partial charge in [0.2, 0.25) is 0 Å². The number of aromatic nitrogens is 2. The van der Waals surface area contributed by atoms with Crippen molar-refractivity contribution in [3.8, 4) is 5.75 Å². The molecule has 0 aliphatic carbocycles. The number of hydrogen-bond acceptors (Lipinski definition) is 6. The van der Waals surface area contributed by atoms with Crippen LogP contribution in [-0.4, -0.2) is 28.0 Å². The molecule has 1 aliphatic rings. The van der Waals surface area contributed by atoms with Crippen LogP contribution in [0.5, 0.6) is 5.75 Å². The Morgan fingerprint density at radius 2 is 2.00 bits per heavy atom. The van der Waals surface area contributed by atoms with Gasteiger partial charge < -0.3 is 27.6 Å². The number of nitrogens with zero attached hydrogens (tertiary/aromatic N) is 2. The van der Waals surface area contributed by atoms with E-state index in [9.17, 15) is 9.50 Å². The SMILES string of the molecule is NC(N)=C(/C=C(\N)c1cc(F)ccc1O)c1cnn(C2CCNCC2)c1. The molecule has 138 valence electrons. The van der Waals surface area contributed by atoms with Crippen LogP contribution in [0, 0.1) is 5.82 Å². The third-order valence-corrected chi connectivity index (χ3v) is 4.48. The fraction of sp³-hybridized carbons (Fsp3) is 0.278. The van der Waals surface area contributed by atoms with E-state index < -0.39 is 5.82 Å². The summed E-state index contributed by atoms with van der Waals surface area (Å²) < 4.78 is 15.4. The molecule has 7 nitrogen and oxygen atoms in total. The summed E-state index contributed by atoms with van der Waals surface area (Å²) in [6.07, 6.45) is 7.06. The van der Waals surface area contributed by atoms with Crippen molar-refractivity contribution in [1.82, 2.24) is 15.1 Å². The number of hydrogen-bond donors (Lipinski definition) is 5. The average molecular weight is 358 g/mol. The third-order valence-electron chi connectivity index (χ3n) is 4.48. The summed E-state index contributed by atoms with van der Waals surface area (Å²) in [6, 6.07) is 3.88. The van der Waals surface area contributed by atoms with E-state index in [1.54, 1.807) is 6.20 Å². The molecule has 2 aromatic rings. The molecule has 2 heterocycles. The molecular formula is C18H23FN6O. The van der Waals surface area contributed by atoms with Crippen LogP contribution in [0.2, 0.25) is 0 Å². The zero-order valence-corrected chi connectivity index (χ0v) is 14.3. The molecule has 0 amide bonds. The van der Waals surface area contributed by atoms with Gasteiger partial charge in [0, 0.05) is 28.6 Å². The highest BCUT2D eigenvalue weighted by atomic mass is 19.1. The maximum atomic E-state index is 13.5. The van der Waals surface area contributed by atoms with Gasteiger partial charge in [-0.2, -0.15) is 5.10 Å². The molecule has 1 aromatic carbocycles. The molecule has 0 atom stereocenters. The van der Waals surface area contributed by atoms with Crippen molar-refractivity contribution in [2.45, 2.75) is 18.9 Å². The van der Waals surface area contributed by atoms with E-state index in [2.05, 4.69) is 10.4 Å². The summed E-state index contributed by atoms with van der Waals surface area (Å²) >= 11 is 0. The number of aromatic hydroxyl groups is 1. The largest absolute Gasteiger partial charge is 0.507 e. The normalized spacial score (nSPS) is 15.8. The molecule has 26 heavy (non-hydrogen) atoms. The van der Waals surface area contributed by atoms with E-state index in [0.29, 0.717) is 17.2 Å². The Morgan fingerprint density at radius 3 is 2.69 bits per heavy atom. The quantitative estimate of drug-likeness (QED) is 0.523. The number of rotatable bonds is 4. The summed E-state index contributed by atoms with van der Waals surface area (Å²) in [5, 5.41) is 17.6. The minimum Gasteiger partial charge on any atom is -0.507 e. The van der Waals surface area contributed by atoms with Gasteiger partial charge in [0.15, 0.2) is 0 Å². The highest BCUT2D eigenvalue weighted by Gasteiger charge is 2.17. The average Bonchev–Trinajstić information content (AvgIpc) is 3.11. The molecule has 1 aromatic heterocycles. The Kier molecular flexibility index (Phi) is 5.13. The van der Waals surface area contributed by atoms with Crippen LogP contribution >= 0.6 is 0 Å².